The highest BCUT2D eigenvalue weighted by atomic mass is 35.5. The van der Waals surface area contributed by atoms with Crippen molar-refractivity contribution < 1.29 is 9.18 Å². The molecule has 2 aromatic rings. The van der Waals surface area contributed by atoms with Gasteiger partial charge in [0.15, 0.2) is 6.29 Å². The number of halogens is 2. The highest BCUT2D eigenvalue weighted by molar-refractivity contribution is 6.32. The lowest BCUT2D eigenvalue weighted by Crippen LogP contribution is -1.96. The van der Waals surface area contributed by atoms with Crippen LogP contribution in [0.25, 0.3) is 5.69 Å². The molecule has 0 bridgehead atoms. The quantitative estimate of drug-likeness (QED) is 0.735. The van der Waals surface area contributed by atoms with E-state index in [1.807, 2.05) is 0 Å². The number of hydrogen-bond donors (Lipinski definition) is 0. The van der Waals surface area contributed by atoms with Crippen LogP contribution in [0, 0.1) is 5.82 Å². The fourth-order valence-electron chi connectivity index (χ4n) is 1.19. The Balaban J connectivity index is 2.49. The van der Waals surface area contributed by atoms with Crippen molar-refractivity contribution in [2.24, 2.45) is 0 Å². The van der Waals surface area contributed by atoms with Crippen LogP contribution in [0.3, 0.4) is 0 Å². The van der Waals surface area contributed by atoms with E-state index in [2.05, 4.69) is 5.10 Å². The fraction of sp³-hybridized carbons (Fsp3) is 0. The molecule has 1 aromatic carbocycles. The van der Waals surface area contributed by atoms with Crippen molar-refractivity contribution in [3.05, 3.63) is 47.0 Å². The molecule has 15 heavy (non-hydrogen) atoms. The van der Waals surface area contributed by atoms with Gasteiger partial charge in [0.2, 0.25) is 0 Å². The van der Waals surface area contributed by atoms with Gasteiger partial charge in [-0.2, -0.15) is 5.10 Å². The van der Waals surface area contributed by atoms with Crippen LogP contribution in [0.4, 0.5) is 4.39 Å². The summed E-state index contributed by atoms with van der Waals surface area (Å²) in [6.07, 6.45) is 1.98. The van der Waals surface area contributed by atoms with Gasteiger partial charge in [-0.05, 0) is 24.3 Å². The summed E-state index contributed by atoms with van der Waals surface area (Å²) in [5.41, 5.74) is 0.912. The Bertz CT molecular complexity index is 493. The first-order chi connectivity index (χ1) is 7.22. The number of hydrogen-bond acceptors (Lipinski definition) is 2. The minimum absolute atomic E-state index is 0.219. The molecule has 0 radical (unpaired) electrons. The van der Waals surface area contributed by atoms with E-state index < -0.39 is 0 Å². The predicted octanol–water partition coefficient (Wildman–Crippen LogP) is 2.48. The molecule has 0 spiro atoms. The van der Waals surface area contributed by atoms with Crippen LogP contribution >= 0.6 is 11.6 Å². The predicted molar refractivity (Wildman–Crippen MR) is 53.9 cm³/mol. The second-order valence-corrected chi connectivity index (χ2v) is 3.25. The molecule has 0 aliphatic rings. The van der Waals surface area contributed by atoms with E-state index in [0.29, 0.717) is 17.5 Å². The van der Waals surface area contributed by atoms with Gasteiger partial charge in [-0.15, -0.1) is 0 Å². The molecule has 2 rings (SSSR count). The maximum atomic E-state index is 12.7. The van der Waals surface area contributed by atoms with Gasteiger partial charge in [0.25, 0.3) is 0 Å². The summed E-state index contributed by atoms with van der Waals surface area (Å²) >= 11 is 5.87. The maximum Gasteiger partial charge on any atom is 0.154 e. The Kier molecular flexibility index (Phi) is 2.51. The minimum atomic E-state index is -0.336. The zero-order valence-corrected chi connectivity index (χ0v) is 8.28. The van der Waals surface area contributed by atoms with Crippen LogP contribution in [-0.2, 0) is 0 Å². The molecule has 5 heteroatoms. The topological polar surface area (TPSA) is 34.9 Å². The largest absolute Gasteiger partial charge is 0.298 e. The molecule has 0 unspecified atom stereocenters. The monoisotopic (exact) mass is 224 g/mol. The average molecular weight is 225 g/mol. The second kappa shape index (κ2) is 3.82. The molecule has 1 heterocycles. The molecule has 0 amide bonds. The molecule has 76 valence electrons. The highest BCUT2D eigenvalue weighted by Gasteiger charge is 2.08. The van der Waals surface area contributed by atoms with Crippen LogP contribution in [0.2, 0.25) is 5.15 Å². The van der Waals surface area contributed by atoms with Crippen LogP contribution in [0.5, 0.6) is 0 Å². The van der Waals surface area contributed by atoms with Gasteiger partial charge in [0, 0.05) is 0 Å². The summed E-state index contributed by atoms with van der Waals surface area (Å²) in [5, 5.41) is 4.14. The number of carbonyl (C=O) groups is 1. The minimum Gasteiger partial charge on any atom is -0.298 e. The summed E-state index contributed by atoms with van der Waals surface area (Å²) in [7, 11) is 0. The molecule has 1 aromatic heterocycles. The third kappa shape index (κ3) is 1.76. The maximum absolute atomic E-state index is 12.7. The number of rotatable bonds is 2. The van der Waals surface area contributed by atoms with E-state index in [0.717, 1.165) is 0 Å². The summed E-state index contributed by atoms with van der Waals surface area (Å²) in [6.45, 7) is 0. The highest BCUT2D eigenvalue weighted by Crippen LogP contribution is 2.18. The van der Waals surface area contributed by atoms with E-state index in [-0.39, 0.29) is 11.0 Å². The Labute approximate surface area is 90.1 Å². The number of nitrogens with zero attached hydrogens (tertiary/aromatic N) is 2. The van der Waals surface area contributed by atoms with E-state index in [1.54, 1.807) is 0 Å². The number of carbonyl (C=O) groups excluding carboxylic acids is 1. The van der Waals surface area contributed by atoms with Gasteiger partial charge >= 0.3 is 0 Å². The first kappa shape index (κ1) is 9.86. The lowest BCUT2D eigenvalue weighted by Gasteiger charge is -2.02. The zero-order chi connectivity index (χ0) is 10.8. The van der Waals surface area contributed by atoms with Gasteiger partial charge in [-0.25, -0.2) is 9.07 Å². The molecule has 0 fully saturated rings. The van der Waals surface area contributed by atoms with Crippen LogP contribution in [-0.4, -0.2) is 16.1 Å². The average Bonchev–Trinajstić information content (AvgIpc) is 2.61. The SMILES string of the molecule is O=Cc1cnn(-c2ccc(F)cc2)c1Cl. The Hall–Kier alpha value is -1.68. The molecule has 0 aliphatic carbocycles. The lowest BCUT2D eigenvalue weighted by molar-refractivity contribution is 0.112. The third-order valence-electron chi connectivity index (χ3n) is 1.93. The summed E-state index contributed by atoms with van der Waals surface area (Å²) in [6, 6.07) is 5.66. The number of aromatic nitrogens is 2. The molecule has 0 saturated carbocycles. The number of aldehydes is 1. The summed E-state index contributed by atoms with van der Waals surface area (Å²) in [5.74, 6) is -0.336. The Morgan fingerprint density at radius 2 is 2.00 bits per heavy atom. The van der Waals surface area contributed by atoms with E-state index in [1.165, 1.54) is 35.1 Å². The van der Waals surface area contributed by atoms with Gasteiger partial charge in [0.1, 0.15) is 11.0 Å². The Morgan fingerprint density at radius 3 is 2.53 bits per heavy atom. The first-order valence-corrected chi connectivity index (χ1v) is 4.55. The van der Waals surface area contributed by atoms with Crippen molar-refractivity contribution in [3.63, 3.8) is 0 Å². The second-order valence-electron chi connectivity index (χ2n) is 2.90. The standard InChI is InChI=1S/C10H6ClFN2O/c11-10-7(6-15)5-13-14(10)9-3-1-8(12)2-4-9/h1-6H. The molecule has 0 N–H and O–H groups in total. The van der Waals surface area contributed by atoms with E-state index in [9.17, 15) is 9.18 Å². The fourth-order valence-corrected chi connectivity index (χ4v) is 1.42. The zero-order valence-electron chi connectivity index (χ0n) is 7.52. The van der Waals surface area contributed by atoms with E-state index in [4.69, 9.17) is 11.6 Å². The third-order valence-corrected chi connectivity index (χ3v) is 2.31. The first-order valence-electron chi connectivity index (χ1n) is 4.17. The molecular weight excluding hydrogens is 219 g/mol. The molecule has 0 saturated heterocycles. The van der Waals surface area contributed by atoms with Crippen molar-refractivity contribution in [3.8, 4) is 5.69 Å². The summed E-state index contributed by atoms with van der Waals surface area (Å²) in [4.78, 5) is 10.5. The van der Waals surface area contributed by atoms with Crippen molar-refractivity contribution in [1.82, 2.24) is 9.78 Å². The van der Waals surface area contributed by atoms with Crippen molar-refractivity contribution in [2.45, 2.75) is 0 Å². The molecular formula is C10H6ClFN2O. The van der Waals surface area contributed by atoms with Gasteiger partial charge < -0.3 is 0 Å². The molecule has 0 atom stereocenters. The van der Waals surface area contributed by atoms with Gasteiger partial charge in [-0.1, -0.05) is 11.6 Å². The van der Waals surface area contributed by atoms with Crippen LogP contribution in [0.1, 0.15) is 10.4 Å². The van der Waals surface area contributed by atoms with Gasteiger partial charge in [-0.3, -0.25) is 4.79 Å². The normalized spacial score (nSPS) is 10.3. The van der Waals surface area contributed by atoms with E-state index >= 15 is 0 Å². The molecule has 3 nitrogen and oxygen atoms in total. The van der Waals surface area contributed by atoms with Crippen LogP contribution in [0.15, 0.2) is 30.5 Å². The van der Waals surface area contributed by atoms with Gasteiger partial charge in [0.05, 0.1) is 17.4 Å². The Morgan fingerprint density at radius 1 is 1.33 bits per heavy atom. The molecule has 0 aliphatic heterocycles. The smallest absolute Gasteiger partial charge is 0.154 e. The number of benzene rings is 1. The van der Waals surface area contributed by atoms with Crippen molar-refractivity contribution in [2.75, 3.05) is 0 Å². The summed E-state index contributed by atoms with van der Waals surface area (Å²) < 4.78 is 14.0. The van der Waals surface area contributed by atoms with Crippen LogP contribution < -0.4 is 0 Å². The lowest BCUT2D eigenvalue weighted by atomic mass is 10.3. The van der Waals surface area contributed by atoms with Crippen molar-refractivity contribution >= 4 is 17.9 Å². The van der Waals surface area contributed by atoms with Crippen molar-refractivity contribution in [1.29, 1.82) is 0 Å².